The smallest absolute Gasteiger partial charge is 0.220 e. The van der Waals surface area contributed by atoms with Crippen molar-refractivity contribution in [3.63, 3.8) is 0 Å². The van der Waals surface area contributed by atoms with Crippen molar-refractivity contribution in [1.29, 1.82) is 0 Å². The second kappa shape index (κ2) is 6.31. The highest BCUT2D eigenvalue weighted by Crippen LogP contribution is 2.20. The Hall–Kier alpha value is -1.49. The number of aromatic amines is 1. The molecule has 0 fully saturated rings. The van der Waals surface area contributed by atoms with Gasteiger partial charge in [-0.2, -0.15) is 0 Å². The Morgan fingerprint density at radius 3 is 2.80 bits per heavy atom. The predicted molar refractivity (Wildman–Crippen MR) is 83.9 cm³/mol. The molecule has 1 heterocycles. The summed E-state index contributed by atoms with van der Waals surface area (Å²) in [6.07, 6.45) is 1.41. The molecule has 0 aliphatic heterocycles. The molecule has 20 heavy (non-hydrogen) atoms. The number of para-hydroxylation sites is 2. The number of hydrogen-bond acceptors (Lipinski definition) is 3. The monoisotopic (exact) mass is 291 g/mol. The average Bonchev–Trinajstić information content (AvgIpc) is 2.75. The largest absolute Gasteiger partial charge is 0.352 e. The molecule has 2 N–H and O–H groups in total. The summed E-state index contributed by atoms with van der Waals surface area (Å²) >= 11 is 1.66. The van der Waals surface area contributed by atoms with Gasteiger partial charge in [-0.1, -0.05) is 23.9 Å². The molecule has 1 aromatic heterocycles. The Kier molecular flexibility index (Phi) is 4.70. The molecule has 2 rings (SSSR count). The second-order valence-electron chi connectivity index (χ2n) is 5.81. The quantitative estimate of drug-likeness (QED) is 0.656. The van der Waals surface area contributed by atoms with Crippen LogP contribution in [0.25, 0.3) is 11.0 Å². The summed E-state index contributed by atoms with van der Waals surface area (Å²) in [6.45, 7) is 5.98. The van der Waals surface area contributed by atoms with E-state index in [1.807, 2.05) is 45.0 Å². The minimum atomic E-state index is -0.150. The van der Waals surface area contributed by atoms with E-state index >= 15 is 0 Å². The molecule has 1 amide bonds. The van der Waals surface area contributed by atoms with Crippen LogP contribution in [0.4, 0.5) is 0 Å². The number of thioether (sulfide) groups is 1. The molecule has 0 aliphatic carbocycles. The number of imidazole rings is 1. The van der Waals surface area contributed by atoms with Gasteiger partial charge < -0.3 is 10.3 Å². The topological polar surface area (TPSA) is 57.8 Å². The number of fused-ring (bicyclic) bond motifs is 1. The van der Waals surface area contributed by atoms with Crippen LogP contribution in [0.5, 0.6) is 0 Å². The van der Waals surface area contributed by atoms with Gasteiger partial charge in [-0.3, -0.25) is 4.79 Å². The summed E-state index contributed by atoms with van der Waals surface area (Å²) in [7, 11) is 0. The molecule has 0 saturated heterocycles. The third-order valence-corrected chi connectivity index (χ3v) is 3.63. The van der Waals surface area contributed by atoms with Gasteiger partial charge in [0.15, 0.2) is 5.16 Å². The lowest BCUT2D eigenvalue weighted by atomic mass is 10.1. The average molecular weight is 291 g/mol. The summed E-state index contributed by atoms with van der Waals surface area (Å²) < 4.78 is 0. The van der Waals surface area contributed by atoms with E-state index in [4.69, 9.17) is 0 Å². The van der Waals surface area contributed by atoms with Gasteiger partial charge in [-0.15, -0.1) is 0 Å². The normalized spacial score (nSPS) is 11.8. The first kappa shape index (κ1) is 14.9. The van der Waals surface area contributed by atoms with E-state index in [-0.39, 0.29) is 11.4 Å². The maximum absolute atomic E-state index is 11.7. The summed E-state index contributed by atoms with van der Waals surface area (Å²) in [5, 5.41) is 3.89. The van der Waals surface area contributed by atoms with E-state index in [0.717, 1.165) is 28.4 Å². The Labute approximate surface area is 123 Å². The lowest BCUT2D eigenvalue weighted by Crippen LogP contribution is -2.40. The first-order chi connectivity index (χ1) is 9.44. The zero-order chi connectivity index (χ0) is 14.6. The Morgan fingerprint density at radius 1 is 1.35 bits per heavy atom. The summed E-state index contributed by atoms with van der Waals surface area (Å²) in [4.78, 5) is 19.4. The lowest BCUT2D eigenvalue weighted by Gasteiger charge is -2.20. The van der Waals surface area contributed by atoms with E-state index in [9.17, 15) is 4.79 Å². The number of benzene rings is 1. The highest BCUT2D eigenvalue weighted by molar-refractivity contribution is 7.99. The van der Waals surface area contributed by atoms with Crippen molar-refractivity contribution < 1.29 is 4.79 Å². The number of carbonyl (C=O) groups excluding carboxylic acids is 1. The Bertz CT molecular complexity index is 553. The standard InChI is InChI=1S/C15H21N3OS/c1-15(2,3)18-13(19)9-6-10-20-14-16-11-7-4-5-8-12(11)17-14/h4-5,7-8H,6,9-10H2,1-3H3,(H,16,17)(H,18,19). The number of carbonyl (C=O) groups is 1. The molecule has 0 spiro atoms. The zero-order valence-corrected chi connectivity index (χ0v) is 13.0. The predicted octanol–water partition coefficient (Wildman–Crippen LogP) is 3.35. The van der Waals surface area contributed by atoms with E-state index in [0.29, 0.717) is 6.42 Å². The van der Waals surface area contributed by atoms with Gasteiger partial charge in [0.05, 0.1) is 11.0 Å². The van der Waals surface area contributed by atoms with Crippen molar-refractivity contribution in [3.8, 4) is 0 Å². The number of rotatable bonds is 5. The van der Waals surface area contributed by atoms with E-state index in [1.54, 1.807) is 11.8 Å². The minimum absolute atomic E-state index is 0.114. The number of hydrogen-bond donors (Lipinski definition) is 2. The van der Waals surface area contributed by atoms with Crippen LogP contribution >= 0.6 is 11.8 Å². The number of nitrogens with one attached hydrogen (secondary N) is 2. The SMILES string of the molecule is CC(C)(C)NC(=O)CCCSc1nc2ccccc2[nH]1. The van der Waals surface area contributed by atoms with Crippen molar-refractivity contribution in [3.05, 3.63) is 24.3 Å². The van der Waals surface area contributed by atoms with Crippen molar-refractivity contribution in [1.82, 2.24) is 15.3 Å². The number of H-pyrrole nitrogens is 1. The van der Waals surface area contributed by atoms with Crippen molar-refractivity contribution in [2.45, 2.75) is 44.3 Å². The molecule has 0 aliphatic rings. The van der Waals surface area contributed by atoms with Crippen LogP contribution in [-0.4, -0.2) is 27.2 Å². The van der Waals surface area contributed by atoms with Crippen molar-refractivity contribution in [2.24, 2.45) is 0 Å². The van der Waals surface area contributed by atoms with Crippen LogP contribution in [-0.2, 0) is 4.79 Å². The van der Waals surface area contributed by atoms with Gasteiger partial charge in [-0.25, -0.2) is 4.98 Å². The van der Waals surface area contributed by atoms with Crippen LogP contribution < -0.4 is 5.32 Å². The first-order valence-electron chi connectivity index (χ1n) is 6.83. The molecule has 0 unspecified atom stereocenters. The maximum atomic E-state index is 11.7. The van der Waals surface area contributed by atoms with Gasteiger partial charge in [0, 0.05) is 17.7 Å². The molecule has 0 saturated carbocycles. The molecular weight excluding hydrogens is 270 g/mol. The van der Waals surface area contributed by atoms with Gasteiger partial charge in [0.25, 0.3) is 0 Å². The van der Waals surface area contributed by atoms with Gasteiger partial charge in [0.1, 0.15) is 0 Å². The molecule has 5 heteroatoms. The molecule has 1 aromatic carbocycles. The zero-order valence-electron chi connectivity index (χ0n) is 12.2. The number of nitrogens with zero attached hydrogens (tertiary/aromatic N) is 1. The molecule has 4 nitrogen and oxygen atoms in total. The second-order valence-corrected chi connectivity index (χ2v) is 6.89. The van der Waals surface area contributed by atoms with Crippen LogP contribution in [0.3, 0.4) is 0 Å². The summed E-state index contributed by atoms with van der Waals surface area (Å²) in [6, 6.07) is 7.98. The van der Waals surface area contributed by atoms with E-state index < -0.39 is 0 Å². The Balaban J connectivity index is 1.74. The molecule has 108 valence electrons. The maximum Gasteiger partial charge on any atom is 0.220 e. The molecule has 0 radical (unpaired) electrons. The van der Waals surface area contributed by atoms with Crippen LogP contribution in [0.15, 0.2) is 29.4 Å². The lowest BCUT2D eigenvalue weighted by molar-refractivity contribution is -0.122. The first-order valence-corrected chi connectivity index (χ1v) is 7.81. The van der Waals surface area contributed by atoms with Gasteiger partial charge in [0.2, 0.25) is 5.91 Å². The molecular formula is C15H21N3OS. The molecule has 2 aromatic rings. The van der Waals surface area contributed by atoms with Crippen molar-refractivity contribution in [2.75, 3.05) is 5.75 Å². The fraction of sp³-hybridized carbons (Fsp3) is 0.467. The van der Waals surface area contributed by atoms with E-state index in [1.165, 1.54) is 0 Å². The van der Waals surface area contributed by atoms with Crippen LogP contribution in [0.2, 0.25) is 0 Å². The Morgan fingerprint density at radius 2 is 2.10 bits per heavy atom. The summed E-state index contributed by atoms with van der Waals surface area (Å²) in [5.74, 6) is 1.000. The van der Waals surface area contributed by atoms with E-state index in [2.05, 4.69) is 15.3 Å². The highest BCUT2D eigenvalue weighted by atomic mass is 32.2. The fourth-order valence-corrected chi connectivity index (χ4v) is 2.71. The van der Waals surface area contributed by atoms with Gasteiger partial charge in [-0.05, 0) is 39.3 Å². The molecule has 0 bridgehead atoms. The van der Waals surface area contributed by atoms with Crippen LogP contribution in [0.1, 0.15) is 33.6 Å². The van der Waals surface area contributed by atoms with Crippen LogP contribution in [0, 0.1) is 0 Å². The number of aromatic nitrogens is 2. The number of amides is 1. The van der Waals surface area contributed by atoms with Crippen molar-refractivity contribution >= 4 is 28.7 Å². The third kappa shape index (κ3) is 4.56. The van der Waals surface area contributed by atoms with Gasteiger partial charge >= 0.3 is 0 Å². The fourth-order valence-electron chi connectivity index (χ4n) is 1.88. The molecule has 0 atom stereocenters. The highest BCUT2D eigenvalue weighted by Gasteiger charge is 2.13. The minimum Gasteiger partial charge on any atom is -0.352 e. The summed E-state index contributed by atoms with van der Waals surface area (Å²) in [5.41, 5.74) is 1.89. The third-order valence-electron chi connectivity index (χ3n) is 2.67.